The first-order valence-electron chi connectivity index (χ1n) is 14.5. The molecule has 0 aliphatic heterocycles. The molecule has 2 N–H and O–H groups in total. The number of amides is 1. The average Bonchev–Trinajstić information content (AvgIpc) is 2.94. The van der Waals surface area contributed by atoms with Gasteiger partial charge < -0.3 is 19.9 Å². The van der Waals surface area contributed by atoms with Crippen LogP contribution in [0.15, 0.2) is 47.5 Å². The van der Waals surface area contributed by atoms with Crippen molar-refractivity contribution in [1.29, 1.82) is 0 Å². The fourth-order valence-electron chi connectivity index (χ4n) is 5.27. The highest BCUT2D eigenvalue weighted by atomic mass is 19.3. The molecule has 0 saturated heterocycles. The van der Waals surface area contributed by atoms with Gasteiger partial charge in [0.25, 0.3) is 12.0 Å². The van der Waals surface area contributed by atoms with Gasteiger partial charge in [0, 0.05) is 24.5 Å². The van der Waals surface area contributed by atoms with Crippen molar-refractivity contribution in [3.63, 3.8) is 0 Å². The summed E-state index contributed by atoms with van der Waals surface area (Å²) in [4.78, 5) is 45.5. The van der Waals surface area contributed by atoms with Gasteiger partial charge in [-0.15, -0.1) is 6.42 Å². The fraction of sp³-hybridized carbons (Fsp3) is 0.412. The third kappa shape index (κ3) is 8.38. The second-order valence-corrected chi connectivity index (χ2v) is 11.8. The Hall–Kier alpha value is -4.36. The molecule has 234 valence electrons. The van der Waals surface area contributed by atoms with Gasteiger partial charge in [0.15, 0.2) is 0 Å². The Morgan fingerprint density at radius 1 is 1.16 bits per heavy atom. The second-order valence-electron chi connectivity index (χ2n) is 11.8. The highest BCUT2D eigenvalue weighted by Gasteiger charge is 2.29. The lowest BCUT2D eigenvalue weighted by Crippen LogP contribution is -2.41. The zero-order valence-electron chi connectivity index (χ0n) is 26.0. The number of rotatable bonds is 13. The molecule has 3 rings (SSSR count). The number of halogens is 2. The number of benzene rings is 1. The summed E-state index contributed by atoms with van der Waals surface area (Å²) in [6.07, 6.45) is 5.68. The SMILES string of the molecule is C#Cc1ncc(C(CC(=O)O)NC(=O)C(CC(C)C)n2cc(CCN(C)C)cc(C(F)F)c2=O)cc1-c1c(C)cccc1C. The van der Waals surface area contributed by atoms with E-state index in [-0.39, 0.29) is 12.3 Å². The van der Waals surface area contributed by atoms with Crippen LogP contribution in [0.1, 0.15) is 78.7 Å². The molecule has 0 radical (unpaired) electrons. The van der Waals surface area contributed by atoms with Crippen LogP contribution < -0.4 is 10.9 Å². The average molecular weight is 607 g/mol. The standard InChI is InChI=1S/C34H40F2N4O4/c1-8-27-25(31-21(4)10-9-11-22(31)5)16-24(18-37-27)28(17-30(41)42)38-33(43)29(14-20(2)3)40-19-23(12-13-39(6)7)15-26(32(35)36)34(40)44/h1,9-11,15-16,18-20,28-29,32H,12-14,17H2,2-7H3,(H,38,43)(H,41,42). The minimum absolute atomic E-state index is 0.0942. The molecule has 0 fully saturated rings. The summed E-state index contributed by atoms with van der Waals surface area (Å²) in [6.45, 7) is 8.11. The van der Waals surface area contributed by atoms with Crippen LogP contribution in [0.4, 0.5) is 8.78 Å². The third-order valence-electron chi connectivity index (χ3n) is 7.44. The predicted octanol–water partition coefficient (Wildman–Crippen LogP) is 5.47. The number of nitrogens with one attached hydrogen (secondary N) is 1. The van der Waals surface area contributed by atoms with E-state index in [2.05, 4.69) is 16.2 Å². The summed E-state index contributed by atoms with van der Waals surface area (Å²) < 4.78 is 29.0. The quantitative estimate of drug-likeness (QED) is 0.250. The molecule has 0 bridgehead atoms. The Morgan fingerprint density at radius 3 is 2.36 bits per heavy atom. The lowest BCUT2D eigenvalue weighted by atomic mass is 9.92. The third-order valence-corrected chi connectivity index (χ3v) is 7.44. The number of carboxylic acid groups (broad SMARTS) is 1. The molecule has 3 aromatic rings. The maximum Gasteiger partial charge on any atom is 0.305 e. The molecule has 10 heteroatoms. The number of carboxylic acids is 1. The lowest BCUT2D eigenvalue weighted by Gasteiger charge is -2.26. The Bertz CT molecular complexity index is 1590. The van der Waals surface area contributed by atoms with Crippen molar-refractivity contribution in [2.24, 2.45) is 5.92 Å². The maximum absolute atomic E-state index is 14.0. The molecule has 0 aliphatic rings. The van der Waals surface area contributed by atoms with Crippen molar-refractivity contribution in [3.8, 4) is 23.5 Å². The minimum atomic E-state index is -3.03. The van der Waals surface area contributed by atoms with Gasteiger partial charge >= 0.3 is 5.97 Å². The predicted molar refractivity (Wildman–Crippen MR) is 167 cm³/mol. The van der Waals surface area contributed by atoms with E-state index in [1.807, 2.05) is 64.9 Å². The van der Waals surface area contributed by atoms with Gasteiger partial charge in [-0.2, -0.15) is 0 Å². The minimum Gasteiger partial charge on any atom is -0.481 e. The number of aliphatic carboxylic acids is 1. The Labute approximate surface area is 257 Å². The number of hydrogen-bond donors (Lipinski definition) is 2. The number of carbonyl (C=O) groups is 2. The van der Waals surface area contributed by atoms with E-state index in [1.165, 1.54) is 18.5 Å². The fourth-order valence-corrected chi connectivity index (χ4v) is 5.27. The number of aromatic nitrogens is 2. The molecule has 1 aromatic carbocycles. The molecule has 8 nitrogen and oxygen atoms in total. The number of aryl methyl sites for hydroxylation is 2. The van der Waals surface area contributed by atoms with Gasteiger partial charge in [-0.1, -0.05) is 32.0 Å². The molecule has 2 atom stereocenters. The molecule has 0 saturated carbocycles. The Balaban J connectivity index is 2.12. The van der Waals surface area contributed by atoms with Crippen LogP contribution in [0, 0.1) is 32.1 Å². The molecule has 0 spiro atoms. The van der Waals surface area contributed by atoms with E-state index < -0.39 is 47.9 Å². The summed E-state index contributed by atoms with van der Waals surface area (Å²) in [6, 6.07) is 6.50. The molecule has 2 heterocycles. The van der Waals surface area contributed by atoms with E-state index in [1.54, 1.807) is 6.07 Å². The number of nitrogens with zero attached hydrogens (tertiary/aromatic N) is 3. The van der Waals surface area contributed by atoms with Gasteiger partial charge in [0.1, 0.15) is 11.7 Å². The van der Waals surface area contributed by atoms with Crippen molar-refractivity contribution in [2.75, 3.05) is 20.6 Å². The summed E-state index contributed by atoms with van der Waals surface area (Å²) >= 11 is 0. The van der Waals surface area contributed by atoms with Crippen molar-refractivity contribution in [2.45, 2.75) is 65.5 Å². The van der Waals surface area contributed by atoms with Gasteiger partial charge in [0.05, 0.1) is 18.0 Å². The van der Waals surface area contributed by atoms with E-state index in [0.717, 1.165) is 21.3 Å². The first-order chi connectivity index (χ1) is 20.7. The van der Waals surface area contributed by atoms with E-state index in [4.69, 9.17) is 6.42 Å². The van der Waals surface area contributed by atoms with Crippen LogP contribution in [0.5, 0.6) is 0 Å². The molecule has 1 amide bonds. The molecule has 0 aliphatic carbocycles. The molecular weight excluding hydrogens is 566 g/mol. The Morgan fingerprint density at radius 2 is 1.82 bits per heavy atom. The van der Waals surface area contributed by atoms with Gasteiger partial charge in [-0.3, -0.25) is 14.4 Å². The van der Waals surface area contributed by atoms with Crippen LogP contribution in [-0.4, -0.2) is 52.1 Å². The zero-order chi connectivity index (χ0) is 32.7. The Kier molecular flexibility index (Phi) is 11.5. The smallest absolute Gasteiger partial charge is 0.305 e. The zero-order valence-corrected chi connectivity index (χ0v) is 26.0. The number of likely N-dealkylation sites (N-methyl/N-ethyl adjacent to an activating group) is 1. The van der Waals surface area contributed by atoms with Crippen LogP contribution in [0.25, 0.3) is 11.1 Å². The van der Waals surface area contributed by atoms with Crippen LogP contribution >= 0.6 is 0 Å². The van der Waals surface area contributed by atoms with E-state index in [0.29, 0.717) is 35.3 Å². The largest absolute Gasteiger partial charge is 0.481 e. The summed E-state index contributed by atoms with van der Waals surface area (Å²) in [5.74, 6) is 0.656. The number of terminal acetylenes is 1. The van der Waals surface area contributed by atoms with Gasteiger partial charge in [0.2, 0.25) is 5.91 Å². The molecular formula is C34H40F2N4O4. The normalized spacial score (nSPS) is 12.8. The van der Waals surface area contributed by atoms with Crippen molar-refractivity contribution in [3.05, 3.63) is 86.6 Å². The summed E-state index contributed by atoms with van der Waals surface area (Å²) in [5, 5.41) is 12.6. The number of hydrogen-bond acceptors (Lipinski definition) is 5. The lowest BCUT2D eigenvalue weighted by molar-refractivity contribution is -0.138. The summed E-state index contributed by atoms with van der Waals surface area (Å²) in [7, 11) is 3.69. The van der Waals surface area contributed by atoms with Crippen LogP contribution in [0.3, 0.4) is 0 Å². The molecule has 2 unspecified atom stereocenters. The summed E-state index contributed by atoms with van der Waals surface area (Å²) in [5.41, 5.74) is 2.98. The second kappa shape index (κ2) is 14.9. The monoisotopic (exact) mass is 606 g/mol. The number of carbonyl (C=O) groups excluding carboxylic acids is 1. The van der Waals surface area contributed by atoms with Crippen molar-refractivity contribution < 1.29 is 23.5 Å². The van der Waals surface area contributed by atoms with Gasteiger partial charge in [-0.05, 0) is 92.6 Å². The van der Waals surface area contributed by atoms with Crippen molar-refractivity contribution >= 4 is 11.9 Å². The highest BCUT2D eigenvalue weighted by molar-refractivity contribution is 5.82. The first kappa shape index (κ1) is 34.1. The highest BCUT2D eigenvalue weighted by Crippen LogP contribution is 2.32. The van der Waals surface area contributed by atoms with Crippen LogP contribution in [0.2, 0.25) is 0 Å². The maximum atomic E-state index is 14.0. The van der Waals surface area contributed by atoms with Crippen LogP contribution in [-0.2, 0) is 16.0 Å². The van der Waals surface area contributed by atoms with Gasteiger partial charge in [-0.25, -0.2) is 13.8 Å². The van der Waals surface area contributed by atoms with Crippen molar-refractivity contribution in [1.82, 2.24) is 19.8 Å². The topological polar surface area (TPSA) is 105 Å². The van der Waals surface area contributed by atoms with E-state index >= 15 is 0 Å². The number of pyridine rings is 2. The van der Waals surface area contributed by atoms with E-state index in [9.17, 15) is 28.3 Å². The first-order valence-corrected chi connectivity index (χ1v) is 14.5. The molecule has 44 heavy (non-hydrogen) atoms. The molecule has 2 aromatic heterocycles. The number of alkyl halides is 2.